The molecule has 3 N–H and O–H groups in total. The van der Waals surface area contributed by atoms with E-state index in [0.29, 0.717) is 17.8 Å². The van der Waals surface area contributed by atoms with Gasteiger partial charge < -0.3 is 11.1 Å². The second-order valence-corrected chi connectivity index (χ2v) is 8.21. The number of rotatable bonds is 5. The van der Waals surface area contributed by atoms with Crippen LogP contribution >= 0.6 is 0 Å². The highest BCUT2D eigenvalue weighted by Crippen LogP contribution is 2.26. The molecule has 0 heterocycles. The molecule has 0 aliphatic heterocycles. The summed E-state index contributed by atoms with van der Waals surface area (Å²) >= 11 is 0. The summed E-state index contributed by atoms with van der Waals surface area (Å²) in [5.74, 6) is -0.300. The number of hydrogen-bond donors (Lipinski definition) is 2. The molecule has 2 aromatic rings. The Morgan fingerprint density at radius 1 is 1.12 bits per heavy atom. The molecule has 0 aliphatic rings. The molecule has 7 heteroatoms. The lowest BCUT2D eigenvalue weighted by Crippen LogP contribution is -2.23. The molecule has 0 fully saturated rings. The van der Waals surface area contributed by atoms with Gasteiger partial charge in [0.1, 0.15) is 0 Å². The Labute approximate surface area is 148 Å². The Bertz CT molecular complexity index is 889. The Morgan fingerprint density at radius 3 is 2.24 bits per heavy atom. The monoisotopic (exact) mass is 361 g/mol. The first kappa shape index (κ1) is 19.1. The lowest BCUT2D eigenvalue weighted by Gasteiger charge is -2.16. The van der Waals surface area contributed by atoms with E-state index in [2.05, 4.69) is 5.32 Å². The van der Waals surface area contributed by atoms with Crippen LogP contribution in [-0.4, -0.2) is 32.7 Å². The van der Waals surface area contributed by atoms with Gasteiger partial charge in [-0.05, 0) is 54.8 Å². The topological polar surface area (TPSA) is 92.5 Å². The van der Waals surface area contributed by atoms with Crippen molar-refractivity contribution in [1.29, 1.82) is 0 Å². The van der Waals surface area contributed by atoms with Crippen molar-refractivity contribution >= 4 is 21.6 Å². The summed E-state index contributed by atoms with van der Waals surface area (Å²) in [6.45, 7) is 4.06. The zero-order chi connectivity index (χ0) is 18.8. The third-order valence-corrected chi connectivity index (χ3v) is 5.91. The summed E-state index contributed by atoms with van der Waals surface area (Å²) in [6.07, 6.45) is 0. The van der Waals surface area contributed by atoms with Crippen LogP contribution in [0.1, 0.15) is 27.0 Å². The molecule has 0 unspecified atom stereocenters. The molecule has 0 saturated carbocycles. The van der Waals surface area contributed by atoms with E-state index in [9.17, 15) is 13.2 Å². The van der Waals surface area contributed by atoms with Crippen LogP contribution in [0.2, 0.25) is 0 Å². The van der Waals surface area contributed by atoms with Gasteiger partial charge in [0.15, 0.2) is 0 Å². The van der Waals surface area contributed by atoms with Gasteiger partial charge in [0.25, 0.3) is 5.91 Å². The maximum Gasteiger partial charge on any atom is 0.255 e. The first-order valence-electron chi connectivity index (χ1n) is 7.81. The third-order valence-electron chi connectivity index (χ3n) is 4.12. The summed E-state index contributed by atoms with van der Waals surface area (Å²) < 4.78 is 25.9. The molecule has 134 valence electrons. The van der Waals surface area contributed by atoms with Crippen LogP contribution in [0.25, 0.3) is 0 Å². The van der Waals surface area contributed by atoms with Gasteiger partial charge in [-0.25, -0.2) is 12.7 Å². The lowest BCUT2D eigenvalue weighted by molar-refractivity contribution is 0.102. The zero-order valence-corrected chi connectivity index (χ0v) is 15.6. The van der Waals surface area contributed by atoms with Gasteiger partial charge in [-0.2, -0.15) is 0 Å². The van der Waals surface area contributed by atoms with Crippen LogP contribution in [0, 0.1) is 13.8 Å². The van der Waals surface area contributed by atoms with Crippen LogP contribution in [-0.2, 0) is 16.6 Å². The molecule has 0 spiro atoms. The van der Waals surface area contributed by atoms with E-state index in [4.69, 9.17) is 5.73 Å². The number of aryl methyl sites for hydroxylation is 1. The van der Waals surface area contributed by atoms with Crippen molar-refractivity contribution in [2.75, 3.05) is 19.4 Å². The molecular formula is C18H23N3O3S. The molecule has 0 saturated heterocycles. The molecule has 0 radical (unpaired) electrons. The van der Waals surface area contributed by atoms with Crippen molar-refractivity contribution in [2.24, 2.45) is 5.73 Å². The first-order chi connectivity index (χ1) is 11.7. The summed E-state index contributed by atoms with van der Waals surface area (Å²) in [5, 5.41) is 2.80. The minimum Gasteiger partial charge on any atom is -0.326 e. The number of benzene rings is 2. The fourth-order valence-corrected chi connectivity index (χ4v) is 3.32. The van der Waals surface area contributed by atoms with E-state index in [0.717, 1.165) is 21.0 Å². The summed E-state index contributed by atoms with van der Waals surface area (Å²) in [6, 6.07) is 10.1. The molecule has 1 amide bonds. The number of nitrogens with two attached hydrogens (primary N) is 1. The fourth-order valence-electron chi connectivity index (χ4n) is 2.30. The number of nitrogens with one attached hydrogen (secondary N) is 1. The van der Waals surface area contributed by atoms with Crippen molar-refractivity contribution in [3.63, 3.8) is 0 Å². The van der Waals surface area contributed by atoms with Gasteiger partial charge in [0, 0.05) is 31.9 Å². The van der Waals surface area contributed by atoms with Gasteiger partial charge in [0.2, 0.25) is 10.0 Å². The average Bonchev–Trinajstić information content (AvgIpc) is 2.58. The summed E-state index contributed by atoms with van der Waals surface area (Å²) in [4.78, 5) is 12.6. The zero-order valence-electron chi connectivity index (χ0n) is 14.8. The number of amides is 1. The second kappa shape index (κ2) is 7.35. The second-order valence-electron chi connectivity index (χ2n) is 6.06. The molecule has 6 nitrogen and oxygen atoms in total. The van der Waals surface area contributed by atoms with Gasteiger partial charge in [-0.15, -0.1) is 0 Å². The third kappa shape index (κ3) is 4.07. The van der Waals surface area contributed by atoms with Crippen molar-refractivity contribution in [3.8, 4) is 0 Å². The van der Waals surface area contributed by atoms with E-state index >= 15 is 0 Å². The van der Waals surface area contributed by atoms with E-state index in [1.54, 1.807) is 30.3 Å². The average molecular weight is 361 g/mol. The predicted molar refractivity (Wildman–Crippen MR) is 99.1 cm³/mol. The Balaban J connectivity index is 2.38. The maximum atomic E-state index is 12.5. The molecule has 0 aliphatic carbocycles. The minimum atomic E-state index is -3.58. The number of carbonyl (C=O) groups excluding carboxylic acids is 1. The standard InChI is InChI=1S/C18H23N3O3S/c1-12-9-16(25(23,24)21(3)4)10-17(13(12)2)20-18(22)15-7-5-14(11-19)6-8-15/h5-10H,11,19H2,1-4H3,(H,20,22). The number of carbonyl (C=O) groups is 1. The Hall–Kier alpha value is -2.22. The highest BCUT2D eigenvalue weighted by atomic mass is 32.2. The van der Waals surface area contributed by atoms with Crippen molar-refractivity contribution in [3.05, 3.63) is 58.7 Å². The van der Waals surface area contributed by atoms with Gasteiger partial charge in [0.05, 0.1) is 4.90 Å². The highest BCUT2D eigenvalue weighted by molar-refractivity contribution is 7.89. The molecule has 2 rings (SSSR count). The van der Waals surface area contributed by atoms with Crippen LogP contribution in [0.15, 0.2) is 41.3 Å². The molecule has 0 aromatic heterocycles. The minimum absolute atomic E-state index is 0.148. The number of hydrogen-bond acceptors (Lipinski definition) is 4. The predicted octanol–water partition coefficient (Wildman–Crippen LogP) is 2.26. The van der Waals surface area contributed by atoms with Crippen molar-refractivity contribution in [1.82, 2.24) is 4.31 Å². The first-order valence-corrected chi connectivity index (χ1v) is 9.25. The highest BCUT2D eigenvalue weighted by Gasteiger charge is 2.20. The van der Waals surface area contributed by atoms with E-state index in [-0.39, 0.29) is 10.8 Å². The van der Waals surface area contributed by atoms with Crippen LogP contribution in [0.4, 0.5) is 5.69 Å². The Kier molecular flexibility index (Phi) is 5.62. The summed E-state index contributed by atoms with van der Waals surface area (Å²) in [5.41, 5.74) is 9.06. The van der Waals surface area contributed by atoms with Gasteiger partial charge in [-0.1, -0.05) is 12.1 Å². The fraction of sp³-hybridized carbons (Fsp3) is 0.278. The maximum absolute atomic E-state index is 12.5. The van der Waals surface area contributed by atoms with Crippen LogP contribution < -0.4 is 11.1 Å². The number of sulfonamides is 1. The molecule has 0 atom stereocenters. The summed E-state index contributed by atoms with van der Waals surface area (Å²) in [7, 11) is -0.632. The van der Waals surface area contributed by atoms with E-state index in [1.807, 2.05) is 13.8 Å². The van der Waals surface area contributed by atoms with E-state index in [1.165, 1.54) is 20.2 Å². The quantitative estimate of drug-likeness (QED) is 0.854. The van der Waals surface area contributed by atoms with Crippen molar-refractivity contribution in [2.45, 2.75) is 25.3 Å². The van der Waals surface area contributed by atoms with Crippen LogP contribution in [0.5, 0.6) is 0 Å². The number of anilines is 1. The van der Waals surface area contributed by atoms with Crippen molar-refractivity contribution < 1.29 is 13.2 Å². The number of nitrogens with zero attached hydrogens (tertiary/aromatic N) is 1. The van der Waals surface area contributed by atoms with Crippen LogP contribution in [0.3, 0.4) is 0 Å². The molecule has 2 aromatic carbocycles. The normalized spacial score (nSPS) is 11.6. The molecular weight excluding hydrogens is 338 g/mol. The van der Waals surface area contributed by atoms with E-state index < -0.39 is 10.0 Å². The smallest absolute Gasteiger partial charge is 0.255 e. The van der Waals surface area contributed by atoms with Gasteiger partial charge >= 0.3 is 0 Å². The lowest BCUT2D eigenvalue weighted by atomic mass is 10.1. The molecule has 0 bridgehead atoms. The largest absolute Gasteiger partial charge is 0.326 e. The Morgan fingerprint density at radius 2 is 1.72 bits per heavy atom. The SMILES string of the molecule is Cc1cc(S(=O)(=O)N(C)C)cc(NC(=O)c2ccc(CN)cc2)c1C. The molecule has 25 heavy (non-hydrogen) atoms. The van der Waals surface area contributed by atoms with Gasteiger partial charge in [-0.3, -0.25) is 4.79 Å².